The average Bonchev–Trinajstić information content (AvgIpc) is 2.10. The predicted octanol–water partition coefficient (Wildman–Crippen LogP) is 1.96. The molecule has 0 spiro atoms. The van der Waals surface area contributed by atoms with Crippen LogP contribution in [0.3, 0.4) is 0 Å². The highest BCUT2D eigenvalue weighted by Crippen LogP contribution is 2.04. The molecular weight excluding hydrogens is 184 g/mol. The van der Waals surface area contributed by atoms with Crippen molar-refractivity contribution in [3.05, 3.63) is 36.0 Å². The molecule has 0 aliphatic heterocycles. The van der Waals surface area contributed by atoms with E-state index >= 15 is 0 Å². The maximum atomic E-state index is 5.58. The highest BCUT2D eigenvalue weighted by Gasteiger charge is 1.96. The van der Waals surface area contributed by atoms with Gasteiger partial charge in [0.2, 0.25) is 0 Å². The van der Waals surface area contributed by atoms with Crippen LogP contribution in [0.15, 0.2) is 36.0 Å². The zero-order chi connectivity index (χ0) is 10.3. The largest absolute Gasteiger partial charge is 0.374 e. The van der Waals surface area contributed by atoms with Gasteiger partial charge >= 0.3 is 0 Å². The number of likely N-dealkylation sites (N-methyl/N-ethyl adjacent to an activating group) is 2. The van der Waals surface area contributed by atoms with E-state index in [2.05, 4.69) is 18.5 Å². The number of hydrogen-bond acceptors (Lipinski definition) is 2. The van der Waals surface area contributed by atoms with Crippen LogP contribution in [0.1, 0.15) is 0 Å². The standard InChI is InChI=1S/C10H17ClN2/c1-9(11)5-6-10(2)13(4)8-7-12-3/h5-6,12H,1-2,7-8H2,3-4H3/b6-5-. The van der Waals surface area contributed by atoms with E-state index in [1.807, 2.05) is 25.1 Å². The predicted molar refractivity (Wildman–Crippen MR) is 59.8 cm³/mol. The summed E-state index contributed by atoms with van der Waals surface area (Å²) in [5.41, 5.74) is 0.928. The topological polar surface area (TPSA) is 15.3 Å². The van der Waals surface area contributed by atoms with Crippen LogP contribution in [-0.2, 0) is 0 Å². The molecule has 0 atom stereocenters. The number of nitrogens with one attached hydrogen (secondary N) is 1. The quantitative estimate of drug-likeness (QED) is 0.660. The Morgan fingerprint density at radius 3 is 2.54 bits per heavy atom. The maximum absolute atomic E-state index is 5.58. The summed E-state index contributed by atoms with van der Waals surface area (Å²) in [5.74, 6) is 0. The average molecular weight is 201 g/mol. The van der Waals surface area contributed by atoms with Gasteiger partial charge in [0.15, 0.2) is 0 Å². The Morgan fingerprint density at radius 2 is 2.08 bits per heavy atom. The normalized spacial score (nSPS) is 10.4. The Labute approximate surface area is 85.6 Å². The minimum atomic E-state index is 0.517. The molecule has 0 saturated heterocycles. The zero-order valence-corrected chi connectivity index (χ0v) is 9.06. The second-order valence-corrected chi connectivity index (χ2v) is 3.28. The minimum Gasteiger partial charge on any atom is -0.374 e. The first-order chi connectivity index (χ1) is 6.07. The Morgan fingerprint density at radius 1 is 1.46 bits per heavy atom. The van der Waals surface area contributed by atoms with Crippen molar-refractivity contribution >= 4 is 11.6 Å². The Kier molecular flexibility index (Phi) is 6.37. The summed E-state index contributed by atoms with van der Waals surface area (Å²) in [7, 11) is 3.91. The van der Waals surface area contributed by atoms with Gasteiger partial charge in [0.05, 0.1) is 0 Å². The second-order valence-electron chi connectivity index (χ2n) is 2.80. The fraction of sp³-hybridized carbons (Fsp3) is 0.400. The van der Waals surface area contributed by atoms with Gasteiger partial charge < -0.3 is 10.2 Å². The molecule has 74 valence electrons. The van der Waals surface area contributed by atoms with Gasteiger partial charge in [-0.2, -0.15) is 0 Å². The molecule has 0 saturated carbocycles. The molecule has 0 fully saturated rings. The van der Waals surface area contributed by atoms with Crippen LogP contribution in [0, 0.1) is 0 Å². The summed E-state index contributed by atoms with van der Waals surface area (Å²) >= 11 is 5.58. The summed E-state index contributed by atoms with van der Waals surface area (Å²) < 4.78 is 0. The number of rotatable bonds is 6. The summed E-state index contributed by atoms with van der Waals surface area (Å²) in [4.78, 5) is 2.05. The van der Waals surface area contributed by atoms with Crippen molar-refractivity contribution in [2.24, 2.45) is 0 Å². The Hall–Kier alpha value is -0.730. The lowest BCUT2D eigenvalue weighted by molar-refractivity contribution is 0.429. The molecule has 1 N–H and O–H groups in total. The smallest absolute Gasteiger partial charge is 0.0334 e. The van der Waals surface area contributed by atoms with Crippen LogP contribution in [0.4, 0.5) is 0 Å². The first-order valence-corrected chi connectivity index (χ1v) is 4.53. The molecule has 13 heavy (non-hydrogen) atoms. The fourth-order valence-corrected chi connectivity index (χ4v) is 0.800. The van der Waals surface area contributed by atoms with Gasteiger partial charge in [-0.1, -0.05) is 24.8 Å². The molecule has 0 rings (SSSR count). The van der Waals surface area contributed by atoms with Gasteiger partial charge in [0.1, 0.15) is 0 Å². The number of allylic oxidation sites excluding steroid dienone is 3. The van der Waals surface area contributed by atoms with Crippen LogP contribution in [-0.4, -0.2) is 32.1 Å². The fourth-order valence-electron chi connectivity index (χ4n) is 0.737. The molecular formula is C10H17ClN2. The molecule has 0 aromatic heterocycles. The van der Waals surface area contributed by atoms with Crippen molar-refractivity contribution in [1.29, 1.82) is 0 Å². The second kappa shape index (κ2) is 6.75. The van der Waals surface area contributed by atoms with E-state index in [9.17, 15) is 0 Å². The highest BCUT2D eigenvalue weighted by atomic mass is 35.5. The third-order valence-corrected chi connectivity index (χ3v) is 1.77. The van der Waals surface area contributed by atoms with E-state index in [-0.39, 0.29) is 0 Å². The van der Waals surface area contributed by atoms with Crippen molar-refractivity contribution in [3.8, 4) is 0 Å². The van der Waals surface area contributed by atoms with E-state index in [4.69, 9.17) is 11.6 Å². The molecule has 0 aromatic rings. The maximum Gasteiger partial charge on any atom is 0.0334 e. The molecule has 0 bridgehead atoms. The first kappa shape index (κ1) is 12.3. The zero-order valence-electron chi connectivity index (χ0n) is 8.31. The summed E-state index contributed by atoms with van der Waals surface area (Å²) in [5, 5.41) is 3.58. The van der Waals surface area contributed by atoms with Gasteiger partial charge in [-0.05, 0) is 19.2 Å². The third kappa shape index (κ3) is 6.43. The van der Waals surface area contributed by atoms with Gasteiger partial charge in [0.25, 0.3) is 0 Å². The first-order valence-electron chi connectivity index (χ1n) is 4.15. The molecule has 0 aromatic carbocycles. The van der Waals surface area contributed by atoms with Crippen LogP contribution >= 0.6 is 11.6 Å². The van der Waals surface area contributed by atoms with E-state index in [0.717, 1.165) is 18.8 Å². The lowest BCUT2D eigenvalue weighted by Gasteiger charge is -2.18. The molecule has 2 nitrogen and oxygen atoms in total. The van der Waals surface area contributed by atoms with E-state index < -0.39 is 0 Å². The van der Waals surface area contributed by atoms with Crippen LogP contribution in [0.25, 0.3) is 0 Å². The van der Waals surface area contributed by atoms with Crippen LogP contribution < -0.4 is 5.32 Å². The lowest BCUT2D eigenvalue weighted by Crippen LogP contribution is -2.25. The van der Waals surface area contributed by atoms with Crippen molar-refractivity contribution in [2.45, 2.75) is 0 Å². The van der Waals surface area contributed by atoms with Crippen molar-refractivity contribution in [3.63, 3.8) is 0 Å². The van der Waals surface area contributed by atoms with Crippen LogP contribution in [0.5, 0.6) is 0 Å². The van der Waals surface area contributed by atoms with E-state index in [1.54, 1.807) is 6.08 Å². The van der Waals surface area contributed by atoms with Crippen molar-refractivity contribution < 1.29 is 0 Å². The monoisotopic (exact) mass is 200 g/mol. The van der Waals surface area contributed by atoms with Gasteiger partial charge in [0, 0.05) is 30.9 Å². The molecule has 0 aliphatic rings. The van der Waals surface area contributed by atoms with E-state index in [0.29, 0.717) is 5.03 Å². The summed E-state index contributed by atoms with van der Waals surface area (Å²) in [6.45, 7) is 9.31. The van der Waals surface area contributed by atoms with Gasteiger partial charge in [-0.25, -0.2) is 0 Å². The number of halogens is 1. The van der Waals surface area contributed by atoms with E-state index in [1.165, 1.54) is 0 Å². The molecule has 0 aliphatic carbocycles. The summed E-state index contributed by atoms with van der Waals surface area (Å²) in [6.07, 6.45) is 3.59. The number of nitrogens with zero attached hydrogens (tertiary/aromatic N) is 1. The Balaban J connectivity index is 3.89. The van der Waals surface area contributed by atoms with Crippen LogP contribution in [0.2, 0.25) is 0 Å². The van der Waals surface area contributed by atoms with Crippen molar-refractivity contribution in [2.75, 3.05) is 27.2 Å². The molecule has 0 amide bonds. The highest BCUT2D eigenvalue weighted by molar-refractivity contribution is 6.30. The lowest BCUT2D eigenvalue weighted by atomic mass is 10.3. The van der Waals surface area contributed by atoms with Crippen molar-refractivity contribution in [1.82, 2.24) is 10.2 Å². The van der Waals surface area contributed by atoms with Gasteiger partial charge in [-0.3, -0.25) is 0 Å². The molecule has 0 unspecified atom stereocenters. The molecule has 0 heterocycles. The Bertz CT molecular complexity index is 209. The SMILES string of the molecule is C=C(Cl)/C=C\C(=C)N(C)CCNC. The third-order valence-electron chi connectivity index (χ3n) is 1.64. The number of hydrogen-bond donors (Lipinski definition) is 1. The molecule has 3 heteroatoms. The minimum absolute atomic E-state index is 0.517. The van der Waals surface area contributed by atoms with Gasteiger partial charge in [-0.15, -0.1) is 0 Å². The molecule has 0 radical (unpaired) electrons. The summed E-state index contributed by atoms with van der Waals surface area (Å²) in [6, 6.07) is 0.